The Hall–Kier alpha value is -1.35. The van der Waals surface area contributed by atoms with E-state index in [2.05, 4.69) is 13.8 Å². The highest BCUT2D eigenvalue weighted by molar-refractivity contribution is 5.90. The second-order valence-corrected chi connectivity index (χ2v) is 4.75. The second kappa shape index (κ2) is 7.88. The molecule has 0 aliphatic rings. The molecule has 0 aromatic heterocycles. The maximum Gasteiger partial charge on any atom is 0.338 e. The fourth-order valence-electron chi connectivity index (χ4n) is 1.49. The number of benzene rings is 1. The molecule has 0 spiro atoms. The molecule has 0 aliphatic heterocycles. The van der Waals surface area contributed by atoms with Gasteiger partial charge in [0.25, 0.3) is 0 Å². The van der Waals surface area contributed by atoms with Crippen LogP contribution in [-0.4, -0.2) is 25.8 Å². The van der Waals surface area contributed by atoms with E-state index in [4.69, 9.17) is 9.47 Å². The van der Waals surface area contributed by atoms with E-state index in [-0.39, 0.29) is 5.97 Å². The number of carbonyl (C=O) groups excluding carboxylic acids is 1. The average Bonchev–Trinajstić information content (AvgIpc) is 2.33. The van der Waals surface area contributed by atoms with Crippen molar-refractivity contribution in [1.82, 2.24) is 0 Å². The summed E-state index contributed by atoms with van der Waals surface area (Å²) >= 11 is 0. The topological polar surface area (TPSA) is 35.5 Å². The van der Waals surface area contributed by atoms with E-state index in [1.165, 1.54) is 0 Å². The Morgan fingerprint density at radius 1 is 1.17 bits per heavy atom. The first-order valence-electron chi connectivity index (χ1n) is 6.41. The van der Waals surface area contributed by atoms with E-state index in [9.17, 15) is 4.79 Å². The van der Waals surface area contributed by atoms with E-state index in [1.54, 1.807) is 6.07 Å². The van der Waals surface area contributed by atoms with Gasteiger partial charge in [0.05, 0.1) is 12.2 Å². The van der Waals surface area contributed by atoms with Crippen LogP contribution in [0.25, 0.3) is 0 Å². The van der Waals surface area contributed by atoms with Gasteiger partial charge in [-0.3, -0.25) is 0 Å². The van der Waals surface area contributed by atoms with Gasteiger partial charge in [-0.05, 0) is 30.9 Å². The van der Waals surface area contributed by atoms with Gasteiger partial charge >= 0.3 is 5.97 Å². The van der Waals surface area contributed by atoms with E-state index in [0.717, 1.165) is 18.6 Å². The van der Waals surface area contributed by atoms with Crippen LogP contribution in [0.5, 0.6) is 0 Å². The lowest BCUT2D eigenvalue weighted by Crippen LogP contribution is -2.12. The zero-order chi connectivity index (χ0) is 13.4. The molecule has 0 saturated heterocycles. The lowest BCUT2D eigenvalue weighted by molar-refractivity contribution is 0.0302. The van der Waals surface area contributed by atoms with Gasteiger partial charge < -0.3 is 9.47 Å². The third-order valence-corrected chi connectivity index (χ3v) is 2.67. The first-order chi connectivity index (χ1) is 8.61. The molecule has 0 saturated carbocycles. The molecule has 1 rings (SSSR count). The van der Waals surface area contributed by atoms with Crippen molar-refractivity contribution in [3.63, 3.8) is 0 Å². The van der Waals surface area contributed by atoms with Gasteiger partial charge in [0, 0.05) is 6.61 Å². The molecule has 0 radical (unpaired) electrons. The van der Waals surface area contributed by atoms with Gasteiger partial charge in [0.1, 0.15) is 6.61 Å². The lowest BCUT2D eigenvalue weighted by atomic mass is 10.1. The van der Waals surface area contributed by atoms with Crippen molar-refractivity contribution in [2.45, 2.75) is 27.2 Å². The zero-order valence-corrected chi connectivity index (χ0v) is 11.4. The highest BCUT2D eigenvalue weighted by Gasteiger charge is 2.08. The summed E-state index contributed by atoms with van der Waals surface area (Å²) in [5.41, 5.74) is 1.56. The van der Waals surface area contributed by atoms with Gasteiger partial charge in [-0.25, -0.2) is 4.79 Å². The molecule has 0 unspecified atom stereocenters. The van der Waals surface area contributed by atoms with E-state index in [0.29, 0.717) is 24.7 Å². The fraction of sp³-hybridized carbons (Fsp3) is 0.533. The Morgan fingerprint density at radius 3 is 2.56 bits per heavy atom. The highest BCUT2D eigenvalue weighted by atomic mass is 16.6. The maximum absolute atomic E-state index is 11.7. The van der Waals surface area contributed by atoms with Crippen LogP contribution in [0.3, 0.4) is 0 Å². The van der Waals surface area contributed by atoms with Crippen molar-refractivity contribution < 1.29 is 14.3 Å². The number of aryl methyl sites for hydroxylation is 1. The van der Waals surface area contributed by atoms with Crippen LogP contribution in [0, 0.1) is 12.8 Å². The minimum atomic E-state index is -0.277. The Labute approximate surface area is 109 Å². The van der Waals surface area contributed by atoms with Crippen molar-refractivity contribution in [3.8, 4) is 0 Å². The minimum Gasteiger partial charge on any atom is -0.460 e. The van der Waals surface area contributed by atoms with Gasteiger partial charge in [-0.2, -0.15) is 0 Å². The number of carbonyl (C=O) groups is 1. The Morgan fingerprint density at radius 2 is 1.89 bits per heavy atom. The smallest absolute Gasteiger partial charge is 0.338 e. The Kier molecular flexibility index (Phi) is 6.44. The summed E-state index contributed by atoms with van der Waals surface area (Å²) in [4.78, 5) is 11.7. The molecule has 1 aromatic rings. The molecular weight excluding hydrogens is 228 g/mol. The molecule has 3 nitrogen and oxygen atoms in total. The molecule has 0 bridgehead atoms. The molecule has 0 fully saturated rings. The second-order valence-electron chi connectivity index (χ2n) is 4.75. The lowest BCUT2D eigenvalue weighted by Gasteiger charge is -2.08. The molecule has 0 N–H and O–H groups in total. The summed E-state index contributed by atoms with van der Waals surface area (Å²) in [5.74, 6) is 0.361. The number of hydrogen-bond donors (Lipinski definition) is 0. The van der Waals surface area contributed by atoms with E-state index < -0.39 is 0 Å². The first-order valence-corrected chi connectivity index (χ1v) is 6.41. The largest absolute Gasteiger partial charge is 0.460 e. The Bertz CT molecular complexity index is 372. The number of hydrogen-bond acceptors (Lipinski definition) is 3. The first kappa shape index (κ1) is 14.7. The van der Waals surface area contributed by atoms with E-state index in [1.807, 2.05) is 25.1 Å². The molecule has 0 heterocycles. The number of ether oxygens (including phenoxy) is 2. The zero-order valence-electron chi connectivity index (χ0n) is 11.4. The van der Waals surface area contributed by atoms with Gasteiger partial charge in [0.2, 0.25) is 0 Å². The SMILES string of the molecule is Cc1ccccc1C(=O)OCCOCCC(C)C. The predicted octanol–water partition coefficient (Wildman–Crippen LogP) is 3.21. The summed E-state index contributed by atoms with van der Waals surface area (Å²) < 4.78 is 10.5. The van der Waals surface area contributed by atoms with Crippen LogP contribution >= 0.6 is 0 Å². The summed E-state index contributed by atoms with van der Waals surface area (Å²) in [6, 6.07) is 7.41. The molecular formula is C15H22O3. The molecule has 0 amide bonds. The predicted molar refractivity (Wildman–Crippen MR) is 71.7 cm³/mol. The van der Waals surface area contributed by atoms with Gasteiger partial charge in [0.15, 0.2) is 0 Å². The van der Waals surface area contributed by atoms with Crippen LogP contribution in [-0.2, 0) is 9.47 Å². The van der Waals surface area contributed by atoms with Crippen LogP contribution < -0.4 is 0 Å². The van der Waals surface area contributed by atoms with Crippen molar-refractivity contribution >= 4 is 5.97 Å². The molecule has 18 heavy (non-hydrogen) atoms. The summed E-state index contributed by atoms with van der Waals surface area (Å²) in [6.45, 7) is 7.70. The molecule has 100 valence electrons. The summed E-state index contributed by atoms with van der Waals surface area (Å²) in [5, 5.41) is 0. The molecule has 0 aliphatic carbocycles. The van der Waals surface area contributed by atoms with Crippen molar-refractivity contribution in [2.24, 2.45) is 5.92 Å². The van der Waals surface area contributed by atoms with Gasteiger partial charge in [-0.1, -0.05) is 32.0 Å². The van der Waals surface area contributed by atoms with Crippen molar-refractivity contribution in [2.75, 3.05) is 19.8 Å². The van der Waals surface area contributed by atoms with Crippen LogP contribution in [0.1, 0.15) is 36.2 Å². The van der Waals surface area contributed by atoms with Crippen LogP contribution in [0.15, 0.2) is 24.3 Å². The van der Waals surface area contributed by atoms with E-state index >= 15 is 0 Å². The normalized spacial score (nSPS) is 10.7. The Balaban J connectivity index is 2.20. The number of esters is 1. The average molecular weight is 250 g/mol. The highest BCUT2D eigenvalue weighted by Crippen LogP contribution is 2.08. The fourth-order valence-corrected chi connectivity index (χ4v) is 1.49. The summed E-state index contributed by atoms with van der Waals surface area (Å²) in [6.07, 6.45) is 1.03. The minimum absolute atomic E-state index is 0.277. The van der Waals surface area contributed by atoms with Crippen LogP contribution in [0.4, 0.5) is 0 Å². The third kappa shape index (κ3) is 5.32. The molecule has 3 heteroatoms. The maximum atomic E-state index is 11.7. The van der Waals surface area contributed by atoms with Crippen molar-refractivity contribution in [1.29, 1.82) is 0 Å². The molecule has 0 atom stereocenters. The quantitative estimate of drug-likeness (QED) is 0.550. The van der Waals surface area contributed by atoms with Crippen LogP contribution in [0.2, 0.25) is 0 Å². The van der Waals surface area contributed by atoms with Crippen molar-refractivity contribution in [3.05, 3.63) is 35.4 Å². The standard InChI is InChI=1S/C15H22O3/c1-12(2)8-9-17-10-11-18-15(16)14-7-5-4-6-13(14)3/h4-7,12H,8-11H2,1-3H3. The third-order valence-electron chi connectivity index (χ3n) is 2.67. The van der Waals surface area contributed by atoms with Gasteiger partial charge in [-0.15, -0.1) is 0 Å². The monoisotopic (exact) mass is 250 g/mol. The summed E-state index contributed by atoms with van der Waals surface area (Å²) in [7, 11) is 0. The molecule has 1 aromatic carbocycles. The number of rotatable bonds is 7.